The molecule has 0 spiro atoms. The number of hydrogen-bond acceptors (Lipinski definition) is 3. The van der Waals surface area contributed by atoms with Crippen LogP contribution in [0.3, 0.4) is 0 Å². The van der Waals surface area contributed by atoms with Gasteiger partial charge in [0.15, 0.2) is 5.96 Å². The van der Waals surface area contributed by atoms with Gasteiger partial charge in [-0.2, -0.15) is 0 Å². The van der Waals surface area contributed by atoms with Gasteiger partial charge in [-0.15, -0.1) is 0 Å². The molecule has 0 bridgehead atoms. The van der Waals surface area contributed by atoms with Gasteiger partial charge in [0, 0.05) is 32.7 Å². The predicted molar refractivity (Wildman–Crippen MR) is 104 cm³/mol. The Bertz CT molecular complexity index is 420. The van der Waals surface area contributed by atoms with E-state index in [0.29, 0.717) is 0 Å². The fourth-order valence-electron chi connectivity index (χ4n) is 3.71. The number of amides is 1. The Morgan fingerprint density at radius 1 is 1.12 bits per heavy atom. The van der Waals surface area contributed by atoms with E-state index in [4.69, 9.17) is 0 Å². The van der Waals surface area contributed by atoms with Crippen LogP contribution in [0.15, 0.2) is 4.99 Å². The molecule has 1 unspecified atom stereocenters. The minimum Gasteiger partial charge on any atom is -0.357 e. The highest BCUT2D eigenvalue weighted by Crippen LogP contribution is 2.15. The second-order valence-corrected chi connectivity index (χ2v) is 7.46. The highest BCUT2D eigenvalue weighted by Gasteiger charge is 2.17. The van der Waals surface area contributed by atoms with E-state index in [1.54, 1.807) is 0 Å². The number of piperidine rings is 1. The van der Waals surface area contributed by atoms with Crippen LogP contribution in [0.2, 0.25) is 0 Å². The van der Waals surface area contributed by atoms with E-state index in [0.717, 1.165) is 57.3 Å². The first-order valence-electron chi connectivity index (χ1n) is 10.2. The van der Waals surface area contributed by atoms with Crippen LogP contribution in [0.5, 0.6) is 0 Å². The summed E-state index contributed by atoms with van der Waals surface area (Å²) >= 11 is 0. The van der Waals surface area contributed by atoms with Gasteiger partial charge >= 0.3 is 0 Å². The third-order valence-corrected chi connectivity index (χ3v) is 5.11. The Morgan fingerprint density at radius 2 is 1.92 bits per heavy atom. The highest BCUT2D eigenvalue weighted by molar-refractivity contribution is 5.85. The number of carbonyl (C=O) groups is 1. The second-order valence-electron chi connectivity index (χ2n) is 7.46. The molecule has 144 valence electrons. The molecule has 1 amide bonds. The Balaban J connectivity index is 1.61. The number of guanidine groups is 1. The molecule has 6 nitrogen and oxygen atoms in total. The molecule has 2 saturated heterocycles. The minimum atomic E-state index is 0.147. The van der Waals surface area contributed by atoms with Crippen LogP contribution in [0.25, 0.3) is 0 Å². The molecule has 1 atom stereocenters. The van der Waals surface area contributed by atoms with Crippen LogP contribution >= 0.6 is 0 Å². The van der Waals surface area contributed by atoms with Crippen molar-refractivity contribution in [2.24, 2.45) is 10.9 Å². The largest absolute Gasteiger partial charge is 0.357 e. The summed E-state index contributed by atoms with van der Waals surface area (Å²) in [6.07, 6.45) is 7.34. The maximum atomic E-state index is 12.1. The predicted octanol–water partition coefficient (Wildman–Crippen LogP) is 1.68. The van der Waals surface area contributed by atoms with Gasteiger partial charge in [0.2, 0.25) is 5.91 Å². The number of aliphatic imine (C=N–C) groups is 1. The lowest BCUT2D eigenvalue weighted by molar-refractivity contribution is -0.128. The van der Waals surface area contributed by atoms with Crippen molar-refractivity contribution in [2.45, 2.75) is 52.4 Å². The first-order chi connectivity index (χ1) is 12.2. The smallest absolute Gasteiger partial charge is 0.244 e. The zero-order chi connectivity index (χ0) is 17.9. The Hall–Kier alpha value is -1.30. The van der Waals surface area contributed by atoms with E-state index in [1.165, 1.54) is 38.9 Å². The van der Waals surface area contributed by atoms with Crippen molar-refractivity contribution in [2.75, 3.05) is 52.4 Å². The Labute approximate surface area is 153 Å². The molecule has 2 heterocycles. The van der Waals surface area contributed by atoms with E-state index in [-0.39, 0.29) is 12.5 Å². The molecule has 0 aromatic heterocycles. The second kappa shape index (κ2) is 11.3. The number of nitrogens with one attached hydrogen (secondary N) is 2. The van der Waals surface area contributed by atoms with Gasteiger partial charge in [0.1, 0.15) is 6.54 Å². The number of hydrogen-bond donors (Lipinski definition) is 2. The maximum Gasteiger partial charge on any atom is 0.244 e. The van der Waals surface area contributed by atoms with Gasteiger partial charge in [-0.3, -0.25) is 4.79 Å². The molecule has 2 N–H and O–H groups in total. The average Bonchev–Trinajstić information content (AvgIpc) is 3.14. The Morgan fingerprint density at radius 3 is 2.64 bits per heavy atom. The van der Waals surface area contributed by atoms with Gasteiger partial charge in [-0.25, -0.2) is 4.99 Å². The summed E-state index contributed by atoms with van der Waals surface area (Å²) in [7, 11) is 0. The van der Waals surface area contributed by atoms with Gasteiger partial charge < -0.3 is 20.4 Å². The third kappa shape index (κ3) is 7.63. The standard InChI is InChI=1S/C19H37N5O/c1-3-20-19(22-15-18(25)24-13-6-7-14-24)21-10-4-5-11-23-12-8-9-17(2)16-23/h17H,3-16H2,1-2H3,(H2,20,21,22). The van der Waals surface area contributed by atoms with Crippen molar-refractivity contribution in [3.8, 4) is 0 Å². The topological polar surface area (TPSA) is 60.0 Å². The quantitative estimate of drug-likeness (QED) is 0.397. The molecule has 2 aliphatic heterocycles. The van der Waals surface area contributed by atoms with Crippen LogP contribution in [0.1, 0.15) is 52.4 Å². The molecule has 25 heavy (non-hydrogen) atoms. The molecule has 2 aliphatic rings. The summed E-state index contributed by atoms with van der Waals surface area (Å²) in [5.41, 5.74) is 0. The molecule has 0 aromatic rings. The van der Waals surface area contributed by atoms with E-state index in [2.05, 4.69) is 34.4 Å². The highest BCUT2D eigenvalue weighted by atomic mass is 16.2. The average molecular weight is 352 g/mol. The summed E-state index contributed by atoms with van der Waals surface area (Å²) in [4.78, 5) is 21.1. The lowest BCUT2D eigenvalue weighted by Crippen LogP contribution is -2.39. The van der Waals surface area contributed by atoms with Crippen molar-refractivity contribution < 1.29 is 4.79 Å². The molecule has 0 radical (unpaired) electrons. The van der Waals surface area contributed by atoms with Gasteiger partial charge in [0.05, 0.1) is 0 Å². The van der Waals surface area contributed by atoms with Crippen LogP contribution in [0.4, 0.5) is 0 Å². The van der Waals surface area contributed by atoms with Crippen LogP contribution in [-0.4, -0.2) is 74.0 Å². The lowest BCUT2D eigenvalue weighted by atomic mass is 10.0. The molecule has 2 fully saturated rings. The van der Waals surface area contributed by atoms with Crippen LogP contribution < -0.4 is 10.6 Å². The summed E-state index contributed by atoms with van der Waals surface area (Å²) < 4.78 is 0. The number of nitrogens with zero attached hydrogens (tertiary/aromatic N) is 3. The van der Waals surface area contributed by atoms with Crippen molar-refractivity contribution in [3.05, 3.63) is 0 Å². The van der Waals surface area contributed by atoms with Crippen molar-refractivity contribution >= 4 is 11.9 Å². The van der Waals surface area contributed by atoms with E-state index >= 15 is 0 Å². The minimum absolute atomic E-state index is 0.147. The molecule has 2 rings (SSSR count). The first kappa shape index (κ1) is 20.0. The summed E-state index contributed by atoms with van der Waals surface area (Å²) in [5.74, 6) is 1.77. The monoisotopic (exact) mass is 351 g/mol. The molecular weight excluding hydrogens is 314 g/mol. The number of unbranched alkanes of at least 4 members (excludes halogenated alkanes) is 1. The Kier molecular flexibility index (Phi) is 9.08. The fraction of sp³-hybridized carbons (Fsp3) is 0.895. The van der Waals surface area contributed by atoms with Gasteiger partial charge in [-0.05, 0) is 64.5 Å². The van der Waals surface area contributed by atoms with E-state index in [1.807, 2.05) is 4.90 Å². The lowest BCUT2D eigenvalue weighted by Gasteiger charge is -2.30. The zero-order valence-electron chi connectivity index (χ0n) is 16.2. The third-order valence-electron chi connectivity index (χ3n) is 5.11. The van der Waals surface area contributed by atoms with Crippen molar-refractivity contribution in [1.82, 2.24) is 20.4 Å². The molecule has 6 heteroatoms. The molecular formula is C19H37N5O. The number of likely N-dealkylation sites (tertiary alicyclic amines) is 2. The number of rotatable bonds is 8. The van der Waals surface area contributed by atoms with Gasteiger partial charge in [-0.1, -0.05) is 6.92 Å². The molecule has 0 saturated carbocycles. The van der Waals surface area contributed by atoms with Crippen molar-refractivity contribution in [3.63, 3.8) is 0 Å². The van der Waals surface area contributed by atoms with Crippen LogP contribution in [-0.2, 0) is 4.79 Å². The van der Waals surface area contributed by atoms with Gasteiger partial charge in [0.25, 0.3) is 0 Å². The molecule has 0 aromatic carbocycles. The summed E-state index contributed by atoms with van der Waals surface area (Å²) in [6, 6.07) is 0. The maximum absolute atomic E-state index is 12.1. The van der Waals surface area contributed by atoms with Crippen LogP contribution in [0, 0.1) is 5.92 Å². The van der Waals surface area contributed by atoms with Crippen molar-refractivity contribution in [1.29, 1.82) is 0 Å². The molecule has 0 aliphatic carbocycles. The first-order valence-corrected chi connectivity index (χ1v) is 10.2. The van der Waals surface area contributed by atoms with E-state index < -0.39 is 0 Å². The zero-order valence-corrected chi connectivity index (χ0v) is 16.2. The summed E-state index contributed by atoms with van der Waals surface area (Å²) in [6.45, 7) is 11.9. The summed E-state index contributed by atoms with van der Waals surface area (Å²) in [5, 5.41) is 6.60. The number of carbonyl (C=O) groups excluding carboxylic acids is 1. The normalized spacial score (nSPS) is 22.2. The van der Waals surface area contributed by atoms with E-state index in [9.17, 15) is 4.79 Å². The SMILES string of the molecule is CCNC(=NCC(=O)N1CCCC1)NCCCCN1CCCC(C)C1. The fourth-order valence-corrected chi connectivity index (χ4v) is 3.71.